The Morgan fingerprint density at radius 1 is 0.955 bits per heavy atom. The van der Waals surface area contributed by atoms with Crippen molar-refractivity contribution in [3.63, 3.8) is 0 Å². The predicted octanol–water partition coefficient (Wildman–Crippen LogP) is 3.84. The number of aromatic hydroxyl groups is 1. The van der Waals surface area contributed by atoms with Gasteiger partial charge < -0.3 is 10.2 Å². The van der Waals surface area contributed by atoms with Crippen molar-refractivity contribution >= 4 is 35.5 Å². The van der Waals surface area contributed by atoms with Gasteiger partial charge in [-0.1, -0.05) is 51.7 Å². The van der Waals surface area contributed by atoms with Gasteiger partial charge in [-0.15, -0.1) is 0 Å². The molecule has 0 aliphatic carbocycles. The van der Waals surface area contributed by atoms with E-state index in [-0.39, 0.29) is 41.7 Å². The van der Waals surface area contributed by atoms with E-state index in [1.807, 2.05) is 6.07 Å². The monoisotopic (exact) mass is 316 g/mol. The number of benzene rings is 1. The molecule has 0 amide bonds. The summed E-state index contributed by atoms with van der Waals surface area (Å²) >= 11 is 0. The first-order chi connectivity index (χ1) is 10.1. The second-order valence-electron chi connectivity index (χ2n) is 5.75. The number of hydrogen-bond donors (Lipinski definition) is 2. The van der Waals surface area contributed by atoms with Crippen LogP contribution in [0.4, 0.5) is 0 Å². The van der Waals surface area contributed by atoms with Gasteiger partial charge in [0.2, 0.25) is 0 Å². The molecule has 0 saturated heterocycles. The van der Waals surface area contributed by atoms with E-state index in [1.165, 1.54) is 12.8 Å². The van der Waals surface area contributed by atoms with Crippen molar-refractivity contribution in [1.29, 1.82) is 0 Å². The normalized spacial score (nSPS) is 10.3. The van der Waals surface area contributed by atoms with Crippen LogP contribution in [0.3, 0.4) is 0 Å². The van der Waals surface area contributed by atoms with Crippen LogP contribution in [0.15, 0.2) is 12.1 Å². The molecular weight excluding hydrogens is 287 g/mol. The van der Waals surface area contributed by atoms with E-state index in [0.717, 1.165) is 49.7 Å². The molecule has 0 aliphatic rings. The van der Waals surface area contributed by atoms with Gasteiger partial charge in [-0.25, -0.2) is 0 Å². The van der Waals surface area contributed by atoms with Crippen LogP contribution >= 0.6 is 0 Å². The van der Waals surface area contributed by atoms with E-state index in [9.17, 15) is 9.90 Å². The summed E-state index contributed by atoms with van der Waals surface area (Å²) < 4.78 is 0. The summed E-state index contributed by atoms with van der Waals surface area (Å²) in [4.78, 5) is 11.0. The average Bonchev–Trinajstić information content (AvgIpc) is 2.43. The number of aryl methyl sites for hydroxylation is 2. The Bertz CT molecular complexity index is 458. The second kappa shape index (κ2) is 12.0. The first-order valence-electron chi connectivity index (χ1n) is 8.13. The third-order valence-corrected chi connectivity index (χ3v) is 3.79. The quantitative estimate of drug-likeness (QED) is 0.509. The zero-order chi connectivity index (χ0) is 15.7. The molecule has 0 aliphatic heterocycles. The molecular formula is C18H29NaO3. The van der Waals surface area contributed by atoms with Gasteiger partial charge in [0.05, 0.1) is 6.42 Å². The van der Waals surface area contributed by atoms with Gasteiger partial charge in [-0.2, -0.15) is 0 Å². The van der Waals surface area contributed by atoms with Crippen molar-refractivity contribution in [3.05, 3.63) is 28.8 Å². The molecule has 0 aromatic heterocycles. The maximum absolute atomic E-state index is 11.0. The van der Waals surface area contributed by atoms with Crippen molar-refractivity contribution < 1.29 is 15.0 Å². The molecule has 0 fully saturated rings. The summed E-state index contributed by atoms with van der Waals surface area (Å²) in [5.41, 5.74) is 2.63. The zero-order valence-corrected chi connectivity index (χ0v) is 13.3. The molecule has 22 heavy (non-hydrogen) atoms. The van der Waals surface area contributed by atoms with Gasteiger partial charge in [0, 0.05) is 5.56 Å². The summed E-state index contributed by atoms with van der Waals surface area (Å²) in [5, 5.41) is 19.3. The van der Waals surface area contributed by atoms with Gasteiger partial charge in [0.1, 0.15) is 5.75 Å². The van der Waals surface area contributed by atoms with Crippen molar-refractivity contribution in [2.75, 3.05) is 0 Å². The van der Waals surface area contributed by atoms with Gasteiger partial charge in [0.25, 0.3) is 0 Å². The molecule has 0 spiro atoms. The van der Waals surface area contributed by atoms with Crippen LogP contribution in [0.1, 0.15) is 69.1 Å². The van der Waals surface area contributed by atoms with Gasteiger partial charge in [0.15, 0.2) is 0 Å². The predicted molar refractivity (Wildman–Crippen MR) is 93.1 cm³/mol. The first kappa shape index (κ1) is 21.5. The number of carboxylic acid groups (broad SMARTS) is 1. The Morgan fingerprint density at radius 2 is 1.50 bits per heavy atom. The fraction of sp³-hybridized carbons (Fsp3) is 0.611. The number of rotatable bonds is 10. The molecule has 2 N–H and O–H groups in total. The van der Waals surface area contributed by atoms with E-state index >= 15 is 0 Å². The molecule has 4 heteroatoms. The fourth-order valence-electron chi connectivity index (χ4n) is 2.61. The van der Waals surface area contributed by atoms with Crippen molar-refractivity contribution in [2.45, 2.75) is 71.6 Å². The van der Waals surface area contributed by atoms with Crippen LogP contribution < -0.4 is 0 Å². The number of carbonyl (C=O) groups is 1. The molecule has 0 heterocycles. The van der Waals surface area contributed by atoms with Gasteiger partial charge in [-0.3, -0.25) is 4.79 Å². The first-order valence-corrected chi connectivity index (χ1v) is 8.13. The van der Waals surface area contributed by atoms with E-state index in [2.05, 4.69) is 19.9 Å². The Morgan fingerprint density at radius 3 is 2.05 bits per heavy atom. The number of phenols is 1. The minimum absolute atomic E-state index is 0. The molecule has 1 rings (SSSR count). The second-order valence-corrected chi connectivity index (χ2v) is 5.75. The van der Waals surface area contributed by atoms with E-state index in [0.29, 0.717) is 5.56 Å². The molecule has 1 aromatic rings. The standard InChI is InChI=1S/C18H28O3.Na.H/c1-3-5-7-9-14-11-15(10-8-6-4-2)18(21)16(12-14)13-17(19)20;;/h11-12,21H,3-10,13H2,1-2H3,(H,19,20);;. The average molecular weight is 316 g/mol. The van der Waals surface area contributed by atoms with Crippen LogP contribution in [-0.4, -0.2) is 45.7 Å². The third-order valence-electron chi connectivity index (χ3n) is 3.79. The SMILES string of the molecule is CCCCCc1cc(CCCCC)c(O)c(CC(=O)O)c1.[NaH]. The van der Waals surface area contributed by atoms with Gasteiger partial charge >= 0.3 is 35.5 Å². The van der Waals surface area contributed by atoms with Gasteiger partial charge in [-0.05, 0) is 36.8 Å². The third kappa shape index (κ3) is 7.66. The fourth-order valence-corrected chi connectivity index (χ4v) is 2.61. The Hall–Kier alpha value is -0.510. The molecule has 120 valence electrons. The Labute approximate surface area is 156 Å². The van der Waals surface area contributed by atoms with Crippen LogP contribution in [0.25, 0.3) is 0 Å². The summed E-state index contributed by atoms with van der Waals surface area (Å²) in [6, 6.07) is 3.93. The molecule has 0 unspecified atom stereocenters. The van der Waals surface area contributed by atoms with E-state index < -0.39 is 5.97 Å². The molecule has 0 radical (unpaired) electrons. The number of hydrogen-bond acceptors (Lipinski definition) is 2. The number of carboxylic acids is 1. The Kier molecular flexibility index (Phi) is 11.7. The molecule has 1 aromatic carbocycles. The van der Waals surface area contributed by atoms with Crippen LogP contribution in [0.5, 0.6) is 5.75 Å². The van der Waals surface area contributed by atoms with Crippen molar-refractivity contribution in [2.24, 2.45) is 0 Å². The van der Waals surface area contributed by atoms with Crippen LogP contribution in [-0.2, 0) is 24.1 Å². The van der Waals surface area contributed by atoms with Crippen LogP contribution in [0, 0.1) is 0 Å². The van der Waals surface area contributed by atoms with Crippen molar-refractivity contribution in [3.8, 4) is 5.75 Å². The zero-order valence-electron chi connectivity index (χ0n) is 13.3. The Balaban J connectivity index is 0.00000441. The molecule has 0 saturated carbocycles. The summed E-state index contributed by atoms with van der Waals surface area (Å²) in [6.45, 7) is 4.32. The summed E-state index contributed by atoms with van der Waals surface area (Å²) in [7, 11) is 0. The van der Waals surface area contributed by atoms with Crippen LogP contribution in [0.2, 0.25) is 0 Å². The summed E-state index contributed by atoms with van der Waals surface area (Å²) in [5.74, 6) is -0.705. The topological polar surface area (TPSA) is 57.5 Å². The number of unbranched alkanes of at least 4 members (excludes halogenated alkanes) is 4. The summed E-state index contributed by atoms with van der Waals surface area (Å²) in [6.07, 6.45) is 8.46. The van der Waals surface area contributed by atoms with E-state index in [4.69, 9.17) is 5.11 Å². The minimum atomic E-state index is -0.893. The number of aliphatic carboxylic acids is 1. The number of phenolic OH excluding ortho intramolecular Hbond substituents is 1. The maximum atomic E-state index is 11.0. The van der Waals surface area contributed by atoms with E-state index in [1.54, 1.807) is 0 Å². The van der Waals surface area contributed by atoms with Crippen molar-refractivity contribution in [1.82, 2.24) is 0 Å². The molecule has 0 bridgehead atoms. The molecule has 3 nitrogen and oxygen atoms in total. The molecule has 0 atom stereocenters.